The smallest absolute Gasteiger partial charge is 0.138 e. The number of benzene rings is 4. The van der Waals surface area contributed by atoms with E-state index in [1.54, 1.807) is 6.07 Å². The van der Waals surface area contributed by atoms with Crippen LogP contribution in [-0.4, -0.2) is 5.11 Å². The third kappa shape index (κ3) is 3.60. The van der Waals surface area contributed by atoms with Gasteiger partial charge in [0.25, 0.3) is 0 Å². The van der Waals surface area contributed by atoms with Crippen LogP contribution in [0.25, 0.3) is 10.8 Å². The maximum atomic E-state index is 10.5. The fourth-order valence-corrected chi connectivity index (χ4v) is 3.95. The zero-order valence-corrected chi connectivity index (χ0v) is 17.1. The number of hydrogen-bond acceptors (Lipinski definition) is 3. The molecule has 0 aliphatic carbocycles. The first-order valence-corrected chi connectivity index (χ1v) is 10.0. The van der Waals surface area contributed by atoms with Gasteiger partial charge in [-0.3, -0.25) is 0 Å². The van der Waals surface area contributed by atoms with Crippen molar-refractivity contribution in [2.24, 2.45) is 0 Å². The SMILES string of the molecule is Cc1ccc(O)c(N[C@H](c2ccc3ccccc3c2)[C@@](C)(C#N)c2ccccc2)c1. The molecule has 0 unspecified atom stereocenters. The second-order valence-electron chi connectivity index (χ2n) is 7.88. The molecule has 0 saturated carbocycles. The fourth-order valence-electron chi connectivity index (χ4n) is 3.95. The quantitative estimate of drug-likeness (QED) is 0.382. The van der Waals surface area contributed by atoms with E-state index in [-0.39, 0.29) is 11.8 Å². The summed E-state index contributed by atoms with van der Waals surface area (Å²) in [4.78, 5) is 0. The van der Waals surface area contributed by atoms with Crippen LogP contribution >= 0.6 is 0 Å². The van der Waals surface area contributed by atoms with Gasteiger partial charge in [-0.1, -0.05) is 72.8 Å². The second kappa shape index (κ2) is 7.93. The van der Waals surface area contributed by atoms with Gasteiger partial charge in [-0.05, 0) is 59.5 Å². The molecule has 3 nitrogen and oxygen atoms in total. The van der Waals surface area contributed by atoms with Gasteiger partial charge in [0.05, 0.1) is 17.8 Å². The van der Waals surface area contributed by atoms with Gasteiger partial charge in [0.1, 0.15) is 11.2 Å². The highest BCUT2D eigenvalue weighted by Gasteiger charge is 2.38. The number of phenols is 1. The lowest BCUT2D eigenvalue weighted by Gasteiger charge is -2.34. The molecule has 4 rings (SSSR count). The molecule has 0 amide bonds. The number of nitrogens with zero attached hydrogens (tertiary/aromatic N) is 1. The molecule has 0 heterocycles. The summed E-state index contributed by atoms with van der Waals surface area (Å²) in [6, 6.07) is 31.9. The molecular weight excluding hydrogens is 368 g/mol. The van der Waals surface area contributed by atoms with Crippen molar-refractivity contribution in [2.45, 2.75) is 25.3 Å². The van der Waals surface area contributed by atoms with Crippen LogP contribution in [0.1, 0.15) is 29.7 Å². The number of aromatic hydroxyl groups is 1. The first-order valence-electron chi connectivity index (χ1n) is 10.0. The molecule has 0 fully saturated rings. The van der Waals surface area contributed by atoms with Crippen molar-refractivity contribution >= 4 is 16.5 Å². The Kier molecular flexibility index (Phi) is 5.16. The Morgan fingerprint density at radius 1 is 0.867 bits per heavy atom. The largest absolute Gasteiger partial charge is 0.506 e. The minimum atomic E-state index is -0.861. The number of rotatable bonds is 5. The van der Waals surface area contributed by atoms with E-state index in [4.69, 9.17) is 0 Å². The molecule has 30 heavy (non-hydrogen) atoms. The minimum absolute atomic E-state index is 0.166. The van der Waals surface area contributed by atoms with Gasteiger partial charge in [-0.15, -0.1) is 0 Å². The average molecular weight is 393 g/mol. The van der Waals surface area contributed by atoms with E-state index in [1.807, 2.05) is 68.4 Å². The zero-order valence-electron chi connectivity index (χ0n) is 17.1. The number of fused-ring (bicyclic) bond motifs is 1. The highest BCUT2D eigenvalue weighted by atomic mass is 16.3. The number of anilines is 1. The topological polar surface area (TPSA) is 56.0 Å². The summed E-state index contributed by atoms with van der Waals surface area (Å²) in [5, 5.41) is 26.6. The molecule has 148 valence electrons. The number of hydrogen-bond donors (Lipinski definition) is 2. The van der Waals surface area contributed by atoms with E-state index in [0.29, 0.717) is 5.69 Å². The van der Waals surface area contributed by atoms with Crippen LogP contribution in [0.5, 0.6) is 5.75 Å². The van der Waals surface area contributed by atoms with Crippen molar-refractivity contribution in [3.63, 3.8) is 0 Å². The van der Waals surface area contributed by atoms with Gasteiger partial charge in [0.2, 0.25) is 0 Å². The summed E-state index contributed by atoms with van der Waals surface area (Å²) in [5.41, 5.74) is 2.70. The van der Waals surface area contributed by atoms with E-state index in [0.717, 1.165) is 27.5 Å². The molecule has 0 spiro atoms. The van der Waals surface area contributed by atoms with Crippen LogP contribution in [0, 0.1) is 18.3 Å². The Hall–Kier alpha value is -3.77. The van der Waals surface area contributed by atoms with Crippen LogP contribution in [0.4, 0.5) is 5.69 Å². The number of phenolic OH excluding ortho intramolecular Hbond substituents is 1. The number of nitriles is 1. The molecule has 2 atom stereocenters. The minimum Gasteiger partial charge on any atom is -0.506 e. The predicted molar refractivity (Wildman–Crippen MR) is 123 cm³/mol. The van der Waals surface area contributed by atoms with E-state index in [2.05, 4.69) is 41.7 Å². The molecule has 0 aliphatic rings. The van der Waals surface area contributed by atoms with Gasteiger partial charge in [0.15, 0.2) is 0 Å². The lowest BCUT2D eigenvalue weighted by atomic mass is 9.74. The van der Waals surface area contributed by atoms with Crippen LogP contribution in [0.3, 0.4) is 0 Å². The molecule has 0 bridgehead atoms. The molecular formula is C27H24N2O. The normalized spacial score (nSPS) is 13.9. The third-order valence-corrected chi connectivity index (χ3v) is 5.74. The Bertz CT molecular complexity index is 1230. The van der Waals surface area contributed by atoms with Crippen molar-refractivity contribution in [3.05, 3.63) is 108 Å². The second-order valence-corrected chi connectivity index (χ2v) is 7.88. The van der Waals surface area contributed by atoms with Crippen LogP contribution in [-0.2, 0) is 5.41 Å². The number of aryl methyl sites for hydroxylation is 1. The van der Waals surface area contributed by atoms with Crippen LogP contribution in [0.15, 0.2) is 91.0 Å². The highest BCUT2D eigenvalue weighted by Crippen LogP contribution is 2.41. The van der Waals surface area contributed by atoms with E-state index in [1.165, 1.54) is 0 Å². The van der Waals surface area contributed by atoms with Gasteiger partial charge >= 0.3 is 0 Å². The summed E-state index contributed by atoms with van der Waals surface area (Å²) in [6.45, 7) is 3.93. The van der Waals surface area contributed by atoms with Crippen molar-refractivity contribution in [1.82, 2.24) is 0 Å². The Morgan fingerprint density at radius 3 is 2.30 bits per heavy atom. The monoisotopic (exact) mass is 392 g/mol. The summed E-state index contributed by atoms with van der Waals surface area (Å²) >= 11 is 0. The molecule has 4 aromatic rings. The predicted octanol–water partition coefficient (Wildman–Crippen LogP) is 6.49. The van der Waals surface area contributed by atoms with E-state index >= 15 is 0 Å². The van der Waals surface area contributed by atoms with Crippen molar-refractivity contribution in [2.75, 3.05) is 5.32 Å². The highest BCUT2D eigenvalue weighted by molar-refractivity contribution is 5.83. The van der Waals surface area contributed by atoms with Gasteiger partial charge < -0.3 is 10.4 Å². The summed E-state index contributed by atoms with van der Waals surface area (Å²) in [5.74, 6) is 0.166. The van der Waals surface area contributed by atoms with Crippen LogP contribution < -0.4 is 5.32 Å². The summed E-state index contributed by atoms with van der Waals surface area (Å²) in [7, 11) is 0. The van der Waals surface area contributed by atoms with Gasteiger partial charge in [-0.25, -0.2) is 0 Å². The standard InChI is InChI=1S/C27H24N2O/c1-19-12-15-25(30)24(16-19)29-26(27(2,18-28)23-10-4-3-5-11-23)22-14-13-20-8-6-7-9-21(20)17-22/h3-17,26,29-30H,1-2H3/t26-,27+/m1/s1. The van der Waals surface area contributed by atoms with E-state index < -0.39 is 5.41 Å². The molecule has 4 aromatic carbocycles. The fraction of sp³-hybridized carbons (Fsp3) is 0.148. The Balaban J connectivity index is 1.89. The maximum absolute atomic E-state index is 10.5. The molecule has 2 N–H and O–H groups in total. The van der Waals surface area contributed by atoms with Crippen molar-refractivity contribution < 1.29 is 5.11 Å². The Morgan fingerprint density at radius 2 is 1.57 bits per heavy atom. The summed E-state index contributed by atoms with van der Waals surface area (Å²) in [6.07, 6.45) is 0. The molecule has 0 aliphatic heterocycles. The molecule has 3 heteroatoms. The lowest BCUT2D eigenvalue weighted by molar-refractivity contribution is 0.470. The first kappa shape index (κ1) is 19.5. The van der Waals surface area contributed by atoms with E-state index in [9.17, 15) is 10.4 Å². The lowest BCUT2D eigenvalue weighted by Crippen LogP contribution is -2.34. The molecule has 0 aromatic heterocycles. The summed E-state index contributed by atoms with van der Waals surface area (Å²) < 4.78 is 0. The van der Waals surface area contributed by atoms with Crippen LogP contribution in [0.2, 0.25) is 0 Å². The zero-order chi connectivity index (χ0) is 21.1. The third-order valence-electron chi connectivity index (χ3n) is 5.74. The van der Waals surface area contributed by atoms with Gasteiger partial charge in [-0.2, -0.15) is 5.26 Å². The average Bonchev–Trinajstić information content (AvgIpc) is 2.79. The molecule has 0 saturated heterocycles. The van der Waals surface area contributed by atoms with Crippen molar-refractivity contribution in [3.8, 4) is 11.8 Å². The van der Waals surface area contributed by atoms with Crippen molar-refractivity contribution in [1.29, 1.82) is 5.26 Å². The number of nitrogens with one attached hydrogen (secondary N) is 1. The maximum Gasteiger partial charge on any atom is 0.138 e. The van der Waals surface area contributed by atoms with Gasteiger partial charge in [0, 0.05) is 0 Å². The first-order chi connectivity index (χ1) is 14.5. The Labute approximate surface area is 177 Å². The molecule has 0 radical (unpaired) electrons.